The number of hydrogen-bond donors (Lipinski definition) is 2. The summed E-state index contributed by atoms with van der Waals surface area (Å²) in [6.07, 6.45) is -1.25. The van der Waals surface area contributed by atoms with E-state index in [9.17, 15) is 5.11 Å². The van der Waals surface area contributed by atoms with Crippen LogP contribution < -0.4 is 0 Å². The lowest BCUT2D eigenvalue weighted by atomic mass is 9.93. The molecule has 0 radical (unpaired) electrons. The number of ether oxygens (including phenoxy) is 1. The zero-order chi connectivity index (χ0) is 11.8. The maximum atomic E-state index is 10.1. The summed E-state index contributed by atoms with van der Waals surface area (Å²) in [4.78, 5) is 0. The van der Waals surface area contributed by atoms with Crippen molar-refractivity contribution in [2.75, 3.05) is 27.7 Å². The molecule has 15 heavy (non-hydrogen) atoms. The van der Waals surface area contributed by atoms with Gasteiger partial charge in [0.2, 0.25) is 0 Å². The number of halogens is 1. The Kier molecular flexibility index (Phi) is 4.01. The van der Waals surface area contributed by atoms with E-state index in [1.807, 2.05) is 28.1 Å². The molecule has 0 amide bonds. The van der Waals surface area contributed by atoms with Crippen molar-refractivity contribution in [3.8, 4) is 0 Å². The molecular formula is C10H21ClNO3+. The summed E-state index contributed by atoms with van der Waals surface area (Å²) in [6, 6.07) is -0.0738. The zero-order valence-corrected chi connectivity index (χ0v) is 10.5. The third-order valence-corrected chi connectivity index (χ3v) is 3.52. The highest BCUT2D eigenvalue weighted by atomic mass is 35.5. The van der Waals surface area contributed by atoms with Gasteiger partial charge in [-0.1, -0.05) is 0 Å². The van der Waals surface area contributed by atoms with E-state index < -0.39 is 17.6 Å². The number of nitrogens with zero attached hydrogens (tertiary/aromatic N) is 1. The predicted octanol–water partition coefficient (Wildman–Crippen LogP) is -0.191. The first-order valence-electron chi connectivity index (χ1n) is 5.18. The number of aliphatic hydroxyl groups is 2. The molecular weight excluding hydrogens is 218 g/mol. The van der Waals surface area contributed by atoms with E-state index in [0.717, 1.165) is 0 Å². The van der Waals surface area contributed by atoms with Crippen LogP contribution >= 0.6 is 11.6 Å². The molecule has 1 heterocycles. The van der Waals surface area contributed by atoms with Gasteiger partial charge >= 0.3 is 0 Å². The molecule has 5 atom stereocenters. The third-order valence-electron chi connectivity index (χ3n) is 2.98. The Labute approximate surface area is 96.0 Å². The van der Waals surface area contributed by atoms with Crippen molar-refractivity contribution in [2.24, 2.45) is 0 Å². The maximum absolute atomic E-state index is 10.1. The Bertz CT molecular complexity index is 219. The average molecular weight is 239 g/mol. The van der Waals surface area contributed by atoms with Gasteiger partial charge in [0.05, 0.1) is 33.1 Å². The van der Waals surface area contributed by atoms with Crippen LogP contribution in [0.2, 0.25) is 0 Å². The molecule has 0 aliphatic carbocycles. The van der Waals surface area contributed by atoms with Crippen molar-refractivity contribution in [3.05, 3.63) is 0 Å². The van der Waals surface area contributed by atoms with Gasteiger partial charge in [-0.3, -0.25) is 0 Å². The zero-order valence-electron chi connectivity index (χ0n) is 9.72. The molecule has 1 fully saturated rings. The van der Waals surface area contributed by atoms with Gasteiger partial charge in [0.25, 0.3) is 0 Å². The van der Waals surface area contributed by atoms with E-state index in [4.69, 9.17) is 21.4 Å². The third kappa shape index (κ3) is 2.63. The number of quaternary nitrogens is 1. The van der Waals surface area contributed by atoms with Crippen molar-refractivity contribution in [1.82, 2.24) is 0 Å². The highest BCUT2D eigenvalue weighted by Crippen LogP contribution is 2.29. The smallest absolute Gasteiger partial charge is 0.142 e. The normalized spacial score (nSPS) is 43.0. The predicted molar refractivity (Wildman–Crippen MR) is 58.9 cm³/mol. The molecule has 0 spiro atoms. The molecule has 1 aliphatic heterocycles. The Balaban J connectivity index is 2.84. The standard InChI is InChI=1S/C10H21ClNO3/c1-6-9(12(2,3)4)10(14)8(11)7(5-13)15-6/h6-10,13-14H,5H2,1-4H3/q+1/t6-,7?,8+,9?,10-/m0/s1. The van der Waals surface area contributed by atoms with Gasteiger partial charge in [-0.2, -0.15) is 0 Å². The van der Waals surface area contributed by atoms with Crippen LogP contribution in [0.4, 0.5) is 0 Å². The Morgan fingerprint density at radius 1 is 1.33 bits per heavy atom. The number of alkyl halides is 1. The number of likely N-dealkylation sites (N-methyl/N-ethyl adjacent to an activating group) is 1. The molecule has 0 bridgehead atoms. The van der Waals surface area contributed by atoms with Gasteiger partial charge in [0, 0.05) is 0 Å². The maximum Gasteiger partial charge on any atom is 0.142 e. The summed E-state index contributed by atoms with van der Waals surface area (Å²) in [7, 11) is 5.99. The molecule has 0 saturated carbocycles. The quantitative estimate of drug-likeness (QED) is 0.518. The van der Waals surface area contributed by atoms with Crippen LogP contribution in [-0.4, -0.2) is 72.2 Å². The van der Waals surface area contributed by atoms with E-state index in [2.05, 4.69) is 0 Å². The summed E-state index contributed by atoms with van der Waals surface area (Å²) in [5, 5.41) is 18.6. The minimum absolute atomic E-state index is 0.0738. The Hall–Kier alpha value is 0.130. The molecule has 1 rings (SSSR count). The number of aliphatic hydroxyl groups excluding tert-OH is 2. The second-order valence-electron chi connectivity index (χ2n) is 5.10. The fourth-order valence-electron chi connectivity index (χ4n) is 2.35. The Morgan fingerprint density at radius 2 is 1.87 bits per heavy atom. The molecule has 2 unspecified atom stereocenters. The second kappa shape index (κ2) is 4.55. The van der Waals surface area contributed by atoms with Crippen LogP contribution in [0.3, 0.4) is 0 Å². The molecule has 0 aromatic rings. The van der Waals surface area contributed by atoms with Gasteiger partial charge in [-0.05, 0) is 6.92 Å². The molecule has 2 N–H and O–H groups in total. The fourth-order valence-corrected chi connectivity index (χ4v) is 2.64. The largest absolute Gasteiger partial charge is 0.394 e. The average Bonchev–Trinajstić information content (AvgIpc) is 2.09. The number of rotatable bonds is 2. The highest BCUT2D eigenvalue weighted by molar-refractivity contribution is 6.21. The summed E-state index contributed by atoms with van der Waals surface area (Å²) < 4.78 is 6.19. The van der Waals surface area contributed by atoms with Gasteiger partial charge in [-0.25, -0.2) is 0 Å². The molecule has 1 aliphatic rings. The Morgan fingerprint density at radius 3 is 2.27 bits per heavy atom. The van der Waals surface area contributed by atoms with Gasteiger partial charge < -0.3 is 19.4 Å². The van der Waals surface area contributed by atoms with Crippen LogP contribution in [0.5, 0.6) is 0 Å². The molecule has 0 aromatic heterocycles. The van der Waals surface area contributed by atoms with Gasteiger partial charge in [-0.15, -0.1) is 11.6 Å². The SMILES string of the molecule is C[C@@H]1OC(CO)[C@@H](Cl)[C@H](O)C1[N+](C)(C)C. The minimum atomic E-state index is -0.660. The lowest BCUT2D eigenvalue weighted by Gasteiger charge is -2.47. The monoisotopic (exact) mass is 238 g/mol. The van der Waals surface area contributed by atoms with E-state index in [0.29, 0.717) is 4.48 Å². The van der Waals surface area contributed by atoms with Crippen molar-refractivity contribution in [2.45, 2.75) is 36.7 Å². The molecule has 0 aromatic carbocycles. The van der Waals surface area contributed by atoms with E-state index in [-0.39, 0.29) is 18.8 Å². The lowest BCUT2D eigenvalue weighted by Crippen LogP contribution is -2.65. The molecule has 1 saturated heterocycles. The summed E-state index contributed by atoms with van der Waals surface area (Å²) in [5.41, 5.74) is 0. The van der Waals surface area contributed by atoms with Crippen molar-refractivity contribution < 1.29 is 19.4 Å². The van der Waals surface area contributed by atoms with Crippen molar-refractivity contribution in [3.63, 3.8) is 0 Å². The van der Waals surface area contributed by atoms with Crippen LogP contribution in [0, 0.1) is 0 Å². The van der Waals surface area contributed by atoms with E-state index in [1.54, 1.807) is 0 Å². The first kappa shape index (κ1) is 13.2. The fraction of sp³-hybridized carbons (Fsp3) is 1.00. The van der Waals surface area contributed by atoms with Crippen molar-refractivity contribution >= 4 is 11.6 Å². The topological polar surface area (TPSA) is 49.7 Å². The summed E-state index contributed by atoms with van der Waals surface area (Å²) in [5.74, 6) is 0. The highest BCUT2D eigenvalue weighted by Gasteiger charge is 2.48. The molecule has 4 nitrogen and oxygen atoms in total. The molecule has 5 heteroatoms. The second-order valence-corrected chi connectivity index (χ2v) is 5.61. The summed E-state index contributed by atoms with van der Waals surface area (Å²) >= 11 is 6.05. The van der Waals surface area contributed by atoms with E-state index >= 15 is 0 Å². The van der Waals surface area contributed by atoms with Crippen LogP contribution in [0.25, 0.3) is 0 Å². The summed E-state index contributed by atoms with van der Waals surface area (Å²) in [6.45, 7) is 1.75. The van der Waals surface area contributed by atoms with Gasteiger partial charge in [0.15, 0.2) is 0 Å². The first-order chi connectivity index (χ1) is 6.79. The van der Waals surface area contributed by atoms with Gasteiger partial charge in [0.1, 0.15) is 24.4 Å². The number of hydrogen-bond acceptors (Lipinski definition) is 3. The van der Waals surface area contributed by atoms with Crippen LogP contribution in [0.1, 0.15) is 6.92 Å². The van der Waals surface area contributed by atoms with Crippen LogP contribution in [0.15, 0.2) is 0 Å². The van der Waals surface area contributed by atoms with Crippen LogP contribution in [-0.2, 0) is 4.74 Å². The lowest BCUT2D eigenvalue weighted by molar-refractivity contribution is -0.905. The van der Waals surface area contributed by atoms with E-state index in [1.165, 1.54) is 0 Å². The minimum Gasteiger partial charge on any atom is -0.394 e. The first-order valence-corrected chi connectivity index (χ1v) is 5.62. The molecule has 90 valence electrons. The van der Waals surface area contributed by atoms with Crippen molar-refractivity contribution in [1.29, 1.82) is 0 Å².